The lowest BCUT2D eigenvalue weighted by molar-refractivity contribution is 0.0499. The molecule has 6 nitrogen and oxygen atoms in total. The number of carbonyl (C=O) groups is 1. The van der Waals surface area contributed by atoms with Gasteiger partial charge in [0.2, 0.25) is 0 Å². The number of hydrogen-bond acceptors (Lipinski definition) is 4. The summed E-state index contributed by atoms with van der Waals surface area (Å²) in [5, 5.41) is 2.85. The minimum absolute atomic E-state index is 0.202. The SMILES string of the molecule is CCCC(NC(=O)OC(C)(C)C)c1nc2ccccc2n(Cc2ccccc2)c1=O. The molecule has 1 amide bonds. The number of ether oxygens (including phenoxy) is 1. The van der Waals surface area contributed by atoms with Gasteiger partial charge >= 0.3 is 6.09 Å². The second-order valence-electron chi connectivity index (χ2n) is 8.35. The lowest BCUT2D eigenvalue weighted by Crippen LogP contribution is -2.38. The van der Waals surface area contributed by atoms with Crippen molar-refractivity contribution in [2.45, 2.75) is 58.7 Å². The van der Waals surface area contributed by atoms with E-state index in [0.717, 1.165) is 23.0 Å². The summed E-state index contributed by atoms with van der Waals surface area (Å²) in [7, 11) is 0. The highest BCUT2D eigenvalue weighted by Gasteiger charge is 2.24. The van der Waals surface area contributed by atoms with Gasteiger partial charge in [0, 0.05) is 0 Å². The zero-order chi connectivity index (χ0) is 21.7. The maximum atomic E-state index is 13.5. The van der Waals surface area contributed by atoms with Crippen molar-refractivity contribution < 1.29 is 9.53 Å². The lowest BCUT2D eigenvalue weighted by Gasteiger charge is -2.23. The summed E-state index contributed by atoms with van der Waals surface area (Å²) in [5.74, 6) is 0. The van der Waals surface area contributed by atoms with Crippen molar-refractivity contribution in [1.82, 2.24) is 14.9 Å². The average molecular weight is 408 g/mol. The van der Waals surface area contributed by atoms with Crippen LogP contribution in [-0.2, 0) is 11.3 Å². The van der Waals surface area contributed by atoms with E-state index in [4.69, 9.17) is 4.74 Å². The molecule has 0 saturated heterocycles. The number of benzene rings is 2. The van der Waals surface area contributed by atoms with Gasteiger partial charge in [-0.15, -0.1) is 0 Å². The topological polar surface area (TPSA) is 73.2 Å². The fourth-order valence-electron chi connectivity index (χ4n) is 3.38. The molecule has 1 N–H and O–H groups in total. The fourth-order valence-corrected chi connectivity index (χ4v) is 3.38. The number of nitrogens with one attached hydrogen (secondary N) is 1. The zero-order valence-electron chi connectivity index (χ0n) is 18.0. The van der Waals surface area contributed by atoms with Crippen molar-refractivity contribution in [3.8, 4) is 0 Å². The van der Waals surface area contributed by atoms with Crippen molar-refractivity contribution in [2.75, 3.05) is 0 Å². The van der Waals surface area contributed by atoms with Crippen LogP contribution in [0.15, 0.2) is 59.4 Å². The summed E-state index contributed by atoms with van der Waals surface area (Å²) < 4.78 is 7.13. The summed E-state index contributed by atoms with van der Waals surface area (Å²) >= 11 is 0. The highest BCUT2D eigenvalue weighted by Crippen LogP contribution is 2.19. The van der Waals surface area contributed by atoms with E-state index in [1.54, 1.807) is 4.57 Å². The molecule has 0 bridgehead atoms. The van der Waals surface area contributed by atoms with Crippen LogP contribution < -0.4 is 10.9 Å². The van der Waals surface area contributed by atoms with Crippen LogP contribution in [0.5, 0.6) is 0 Å². The number of carbonyl (C=O) groups excluding carboxylic acids is 1. The Morgan fingerprint density at radius 1 is 1.10 bits per heavy atom. The molecule has 1 unspecified atom stereocenters. The van der Waals surface area contributed by atoms with Crippen LogP contribution in [-0.4, -0.2) is 21.2 Å². The van der Waals surface area contributed by atoms with Gasteiger partial charge in [0.25, 0.3) is 5.56 Å². The average Bonchev–Trinajstić information content (AvgIpc) is 2.69. The Labute approximate surface area is 176 Å². The number of alkyl carbamates (subject to hydrolysis) is 1. The first kappa shape index (κ1) is 21.6. The highest BCUT2D eigenvalue weighted by atomic mass is 16.6. The molecule has 0 spiro atoms. The van der Waals surface area contributed by atoms with Gasteiger partial charge < -0.3 is 14.6 Å². The van der Waals surface area contributed by atoms with E-state index >= 15 is 0 Å². The van der Waals surface area contributed by atoms with Gasteiger partial charge in [-0.25, -0.2) is 9.78 Å². The quantitative estimate of drug-likeness (QED) is 0.636. The number of aromatic nitrogens is 2. The first-order valence-electron chi connectivity index (χ1n) is 10.3. The fraction of sp³-hybridized carbons (Fsp3) is 0.375. The molecule has 30 heavy (non-hydrogen) atoms. The van der Waals surface area contributed by atoms with Crippen LogP contribution in [0.2, 0.25) is 0 Å². The van der Waals surface area contributed by atoms with E-state index in [9.17, 15) is 9.59 Å². The van der Waals surface area contributed by atoms with Crippen molar-refractivity contribution >= 4 is 17.1 Å². The van der Waals surface area contributed by atoms with E-state index < -0.39 is 17.7 Å². The molecule has 1 atom stereocenters. The molecule has 0 fully saturated rings. The molecule has 158 valence electrons. The Balaban J connectivity index is 2.06. The van der Waals surface area contributed by atoms with E-state index in [1.165, 1.54) is 0 Å². The Bertz CT molecular complexity index is 1070. The molecule has 3 rings (SSSR count). The van der Waals surface area contributed by atoms with E-state index in [1.807, 2.05) is 82.3 Å². The van der Waals surface area contributed by atoms with E-state index in [2.05, 4.69) is 10.3 Å². The number of para-hydroxylation sites is 2. The number of fused-ring (bicyclic) bond motifs is 1. The van der Waals surface area contributed by atoms with Crippen molar-refractivity contribution in [3.63, 3.8) is 0 Å². The molecule has 0 saturated carbocycles. The molecule has 0 aliphatic carbocycles. The van der Waals surface area contributed by atoms with Crippen LogP contribution >= 0.6 is 0 Å². The lowest BCUT2D eigenvalue weighted by atomic mass is 10.1. The van der Waals surface area contributed by atoms with Gasteiger partial charge in [-0.2, -0.15) is 0 Å². The first-order chi connectivity index (χ1) is 14.3. The molecule has 1 heterocycles. The monoisotopic (exact) mass is 407 g/mol. The summed E-state index contributed by atoms with van der Waals surface area (Å²) in [6, 6.07) is 16.9. The van der Waals surface area contributed by atoms with E-state index in [-0.39, 0.29) is 5.56 Å². The number of hydrogen-bond donors (Lipinski definition) is 1. The predicted octanol–water partition coefficient (Wildman–Crippen LogP) is 4.81. The van der Waals surface area contributed by atoms with Gasteiger partial charge in [0.1, 0.15) is 11.3 Å². The van der Waals surface area contributed by atoms with Gasteiger partial charge in [-0.1, -0.05) is 55.8 Å². The molecule has 6 heteroatoms. The normalized spacial score (nSPS) is 12.5. The zero-order valence-corrected chi connectivity index (χ0v) is 18.0. The van der Waals surface area contributed by atoms with Crippen LogP contribution in [0.25, 0.3) is 11.0 Å². The molecular formula is C24H29N3O3. The summed E-state index contributed by atoms with van der Waals surface area (Å²) in [5.41, 5.74) is 2.02. The van der Waals surface area contributed by atoms with Gasteiger partial charge in [-0.05, 0) is 44.9 Å². The van der Waals surface area contributed by atoms with Gasteiger partial charge in [0.15, 0.2) is 0 Å². The predicted molar refractivity (Wildman–Crippen MR) is 119 cm³/mol. The van der Waals surface area contributed by atoms with Crippen LogP contribution in [0.1, 0.15) is 57.8 Å². The minimum Gasteiger partial charge on any atom is -0.444 e. The molecule has 3 aromatic rings. The maximum Gasteiger partial charge on any atom is 0.408 e. The Morgan fingerprint density at radius 3 is 2.43 bits per heavy atom. The highest BCUT2D eigenvalue weighted by molar-refractivity contribution is 5.75. The van der Waals surface area contributed by atoms with Crippen LogP contribution in [0, 0.1) is 0 Å². The Morgan fingerprint density at radius 2 is 1.77 bits per heavy atom. The number of rotatable bonds is 6. The Kier molecular flexibility index (Phi) is 6.55. The third-order valence-electron chi connectivity index (χ3n) is 4.66. The van der Waals surface area contributed by atoms with Crippen molar-refractivity contribution in [2.24, 2.45) is 0 Å². The van der Waals surface area contributed by atoms with Crippen molar-refractivity contribution in [1.29, 1.82) is 0 Å². The third-order valence-corrected chi connectivity index (χ3v) is 4.66. The summed E-state index contributed by atoms with van der Waals surface area (Å²) in [6.07, 6.45) is 0.822. The maximum absolute atomic E-state index is 13.5. The van der Waals surface area contributed by atoms with Crippen LogP contribution in [0.4, 0.5) is 4.79 Å². The molecule has 0 aliphatic heterocycles. The largest absolute Gasteiger partial charge is 0.444 e. The van der Waals surface area contributed by atoms with Crippen molar-refractivity contribution in [3.05, 3.63) is 76.2 Å². The molecular weight excluding hydrogens is 378 g/mol. The smallest absolute Gasteiger partial charge is 0.408 e. The van der Waals surface area contributed by atoms with E-state index in [0.29, 0.717) is 18.7 Å². The Hall–Kier alpha value is -3.15. The molecule has 1 aromatic heterocycles. The second kappa shape index (κ2) is 9.11. The molecule has 0 aliphatic rings. The molecule has 0 radical (unpaired) electrons. The summed E-state index contributed by atoms with van der Waals surface area (Å²) in [6.45, 7) is 7.86. The van der Waals surface area contributed by atoms with Crippen LogP contribution in [0.3, 0.4) is 0 Å². The molecule has 2 aromatic carbocycles. The first-order valence-corrected chi connectivity index (χ1v) is 10.3. The van der Waals surface area contributed by atoms with Gasteiger partial charge in [-0.3, -0.25) is 4.79 Å². The number of nitrogens with zero attached hydrogens (tertiary/aromatic N) is 2. The second-order valence-corrected chi connectivity index (χ2v) is 8.35. The summed E-state index contributed by atoms with van der Waals surface area (Å²) in [4.78, 5) is 30.5. The number of amides is 1. The standard InChI is InChI=1S/C24H29N3O3/c1-5-11-19(26-23(29)30-24(2,3)4)21-22(28)27(16-17-12-7-6-8-13-17)20-15-10-9-14-18(20)25-21/h6-10,12-15,19H,5,11,16H2,1-4H3,(H,26,29). The third kappa shape index (κ3) is 5.26. The van der Waals surface area contributed by atoms with Gasteiger partial charge in [0.05, 0.1) is 23.6 Å². The minimum atomic E-state index is -0.620.